The maximum Gasteiger partial charge on any atom is 0.123 e. The fourth-order valence-electron chi connectivity index (χ4n) is 2.23. The lowest BCUT2D eigenvalue weighted by Gasteiger charge is -2.15. The van der Waals surface area contributed by atoms with E-state index in [1.54, 1.807) is 6.07 Å². The van der Waals surface area contributed by atoms with E-state index >= 15 is 0 Å². The SMILES string of the molecule is CCCC(CCCc1cc(F)ccc1C)NC. The van der Waals surface area contributed by atoms with Gasteiger partial charge < -0.3 is 5.32 Å². The molecule has 1 aromatic carbocycles. The average molecular weight is 237 g/mol. The zero-order valence-corrected chi connectivity index (χ0v) is 11.2. The van der Waals surface area contributed by atoms with Crippen molar-refractivity contribution < 1.29 is 4.39 Å². The Kier molecular flexibility index (Phi) is 6.20. The average Bonchev–Trinajstić information content (AvgIpc) is 2.32. The molecule has 17 heavy (non-hydrogen) atoms. The molecule has 1 nitrogen and oxygen atoms in total. The Hall–Kier alpha value is -0.890. The molecule has 0 amide bonds. The topological polar surface area (TPSA) is 12.0 Å². The molecule has 0 aliphatic heterocycles. The summed E-state index contributed by atoms with van der Waals surface area (Å²) >= 11 is 0. The molecule has 0 spiro atoms. The molecule has 0 radical (unpaired) electrons. The normalized spacial score (nSPS) is 12.7. The highest BCUT2D eigenvalue weighted by molar-refractivity contribution is 5.26. The van der Waals surface area contributed by atoms with Crippen LogP contribution in [0.25, 0.3) is 0 Å². The molecule has 0 fully saturated rings. The van der Waals surface area contributed by atoms with Crippen LogP contribution in [0, 0.1) is 12.7 Å². The minimum atomic E-state index is -0.121. The molecule has 0 saturated heterocycles. The van der Waals surface area contributed by atoms with Crippen LogP contribution in [0.1, 0.15) is 43.7 Å². The maximum atomic E-state index is 13.1. The summed E-state index contributed by atoms with van der Waals surface area (Å²) in [5.74, 6) is -0.121. The highest BCUT2D eigenvalue weighted by Crippen LogP contribution is 2.14. The van der Waals surface area contributed by atoms with Gasteiger partial charge >= 0.3 is 0 Å². The second kappa shape index (κ2) is 7.44. The first-order valence-corrected chi connectivity index (χ1v) is 6.59. The van der Waals surface area contributed by atoms with Gasteiger partial charge in [-0.15, -0.1) is 0 Å². The van der Waals surface area contributed by atoms with Crippen molar-refractivity contribution in [2.75, 3.05) is 7.05 Å². The summed E-state index contributed by atoms with van der Waals surface area (Å²) in [7, 11) is 2.02. The minimum Gasteiger partial charge on any atom is -0.317 e. The Morgan fingerprint density at radius 1 is 1.29 bits per heavy atom. The number of hydrogen-bond donors (Lipinski definition) is 1. The van der Waals surface area contributed by atoms with Crippen LogP contribution in [0.3, 0.4) is 0 Å². The third-order valence-corrected chi connectivity index (χ3v) is 3.36. The predicted octanol–water partition coefficient (Wildman–Crippen LogP) is 3.84. The van der Waals surface area contributed by atoms with E-state index < -0.39 is 0 Å². The van der Waals surface area contributed by atoms with E-state index in [4.69, 9.17) is 0 Å². The number of nitrogens with one attached hydrogen (secondary N) is 1. The van der Waals surface area contributed by atoms with Gasteiger partial charge in [0.15, 0.2) is 0 Å². The lowest BCUT2D eigenvalue weighted by molar-refractivity contribution is 0.469. The minimum absolute atomic E-state index is 0.121. The summed E-state index contributed by atoms with van der Waals surface area (Å²) in [5.41, 5.74) is 2.35. The summed E-state index contributed by atoms with van der Waals surface area (Å²) in [6.45, 7) is 4.26. The Morgan fingerprint density at radius 3 is 2.71 bits per heavy atom. The zero-order chi connectivity index (χ0) is 12.7. The quantitative estimate of drug-likeness (QED) is 0.759. The van der Waals surface area contributed by atoms with Gasteiger partial charge in [-0.1, -0.05) is 19.4 Å². The van der Waals surface area contributed by atoms with Crippen molar-refractivity contribution in [3.8, 4) is 0 Å². The van der Waals surface area contributed by atoms with Gasteiger partial charge in [0.25, 0.3) is 0 Å². The Balaban J connectivity index is 2.42. The van der Waals surface area contributed by atoms with Crippen molar-refractivity contribution in [2.45, 2.75) is 52.0 Å². The largest absolute Gasteiger partial charge is 0.317 e. The lowest BCUT2D eigenvalue weighted by atomic mass is 9.99. The van der Waals surface area contributed by atoms with Crippen molar-refractivity contribution in [2.24, 2.45) is 0 Å². The first-order chi connectivity index (χ1) is 8.17. The highest BCUT2D eigenvalue weighted by atomic mass is 19.1. The summed E-state index contributed by atoms with van der Waals surface area (Å²) in [6.07, 6.45) is 5.70. The molecule has 0 aliphatic rings. The second-order valence-electron chi connectivity index (χ2n) is 4.74. The fraction of sp³-hybridized carbons (Fsp3) is 0.600. The summed E-state index contributed by atoms with van der Waals surface area (Å²) in [4.78, 5) is 0. The zero-order valence-electron chi connectivity index (χ0n) is 11.2. The van der Waals surface area contributed by atoms with E-state index in [9.17, 15) is 4.39 Å². The van der Waals surface area contributed by atoms with Crippen LogP contribution < -0.4 is 5.32 Å². The molecule has 0 saturated carbocycles. The van der Waals surface area contributed by atoms with Crippen LogP contribution in [0.5, 0.6) is 0 Å². The summed E-state index contributed by atoms with van der Waals surface area (Å²) in [5, 5.41) is 3.34. The Morgan fingerprint density at radius 2 is 2.06 bits per heavy atom. The first kappa shape index (κ1) is 14.2. The molecule has 1 N–H and O–H groups in total. The van der Waals surface area contributed by atoms with E-state index in [-0.39, 0.29) is 5.82 Å². The standard InChI is InChI=1S/C15H24FN/c1-4-6-15(17-3)8-5-7-13-11-14(16)10-9-12(13)2/h9-11,15,17H,4-8H2,1-3H3. The van der Waals surface area contributed by atoms with Gasteiger partial charge in [0.1, 0.15) is 5.82 Å². The van der Waals surface area contributed by atoms with Gasteiger partial charge in [0.05, 0.1) is 0 Å². The van der Waals surface area contributed by atoms with E-state index in [2.05, 4.69) is 19.2 Å². The summed E-state index contributed by atoms with van der Waals surface area (Å²) in [6, 6.07) is 5.68. The molecular formula is C15H24FN. The lowest BCUT2D eigenvalue weighted by Crippen LogP contribution is -2.24. The van der Waals surface area contributed by atoms with Crippen LogP contribution in [-0.2, 0) is 6.42 Å². The predicted molar refractivity (Wildman–Crippen MR) is 71.8 cm³/mol. The smallest absolute Gasteiger partial charge is 0.123 e. The number of halogens is 1. The molecular weight excluding hydrogens is 213 g/mol. The van der Waals surface area contributed by atoms with Crippen LogP contribution >= 0.6 is 0 Å². The van der Waals surface area contributed by atoms with Crippen molar-refractivity contribution >= 4 is 0 Å². The molecule has 0 aromatic heterocycles. The van der Waals surface area contributed by atoms with Gasteiger partial charge in [0, 0.05) is 6.04 Å². The highest BCUT2D eigenvalue weighted by Gasteiger charge is 2.06. The second-order valence-corrected chi connectivity index (χ2v) is 4.74. The molecule has 2 heteroatoms. The van der Waals surface area contributed by atoms with Crippen LogP contribution in [0.4, 0.5) is 4.39 Å². The van der Waals surface area contributed by atoms with Gasteiger partial charge in [-0.3, -0.25) is 0 Å². The summed E-state index contributed by atoms with van der Waals surface area (Å²) < 4.78 is 13.1. The fourth-order valence-corrected chi connectivity index (χ4v) is 2.23. The number of rotatable bonds is 7. The molecule has 1 unspecified atom stereocenters. The molecule has 0 heterocycles. The molecule has 0 bridgehead atoms. The maximum absolute atomic E-state index is 13.1. The Bertz CT molecular complexity index is 336. The van der Waals surface area contributed by atoms with Crippen molar-refractivity contribution in [1.82, 2.24) is 5.32 Å². The van der Waals surface area contributed by atoms with Crippen molar-refractivity contribution in [3.63, 3.8) is 0 Å². The third kappa shape index (κ3) is 4.86. The molecule has 1 rings (SSSR count). The van der Waals surface area contributed by atoms with E-state index in [0.29, 0.717) is 6.04 Å². The monoisotopic (exact) mass is 237 g/mol. The molecule has 96 valence electrons. The number of benzene rings is 1. The van der Waals surface area contributed by atoms with E-state index in [0.717, 1.165) is 18.4 Å². The van der Waals surface area contributed by atoms with Crippen LogP contribution in [-0.4, -0.2) is 13.1 Å². The van der Waals surface area contributed by atoms with Crippen LogP contribution in [0.15, 0.2) is 18.2 Å². The number of aryl methyl sites for hydroxylation is 2. The van der Waals surface area contributed by atoms with Gasteiger partial charge in [-0.05, 0) is 62.9 Å². The van der Waals surface area contributed by atoms with Gasteiger partial charge in [-0.2, -0.15) is 0 Å². The van der Waals surface area contributed by atoms with Gasteiger partial charge in [-0.25, -0.2) is 4.39 Å². The van der Waals surface area contributed by atoms with Gasteiger partial charge in [0.2, 0.25) is 0 Å². The van der Waals surface area contributed by atoms with E-state index in [1.807, 2.05) is 13.1 Å². The van der Waals surface area contributed by atoms with Crippen LogP contribution in [0.2, 0.25) is 0 Å². The Labute approximate surface area is 104 Å². The van der Waals surface area contributed by atoms with E-state index in [1.165, 1.54) is 30.9 Å². The molecule has 0 aliphatic carbocycles. The number of hydrogen-bond acceptors (Lipinski definition) is 1. The third-order valence-electron chi connectivity index (χ3n) is 3.36. The molecule has 1 aromatic rings. The van der Waals surface area contributed by atoms with Crippen molar-refractivity contribution in [3.05, 3.63) is 35.1 Å². The first-order valence-electron chi connectivity index (χ1n) is 6.59. The molecule has 1 atom stereocenters. The van der Waals surface area contributed by atoms with Crippen molar-refractivity contribution in [1.29, 1.82) is 0 Å².